The van der Waals surface area contributed by atoms with Gasteiger partial charge < -0.3 is 14.9 Å². The second kappa shape index (κ2) is 5.17. The molecule has 1 N–H and O–H groups in total. The first-order chi connectivity index (χ1) is 8.50. The molecule has 7 heteroatoms. The first kappa shape index (κ1) is 13.2. The highest BCUT2D eigenvalue weighted by molar-refractivity contribution is 7.99. The molecule has 2 saturated heterocycles. The average molecular weight is 272 g/mol. The molecule has 100 valence electrons. The van der Waals surface area contributed by atoms with E-state index in [0.29, 0.717) is 24.6 Å². The van der Waals surface area contributed by atoms with E-state index >= 15 is 0 Å². The Kier molecular flexibility index (Phi) is 3.79. The van der Waals surface area contributed by atoms with E-state index in [1.54, 1.807) is 21.6 Å². The molecule has 18 heavy (non-hydrogen) atoms. The highest BCUT2D eigenvalue weighted by Crippen LogP contribution is 2.25. The minimum atomic E-state index is -0.852. The van der Waals surface area contributed by atoms with Crippen molar-refractivity contribution in [1.82, 2.24) is 9.80 Å². The maximum Gasteiger partial charge on any atom is 0.308 e. The van der Waals surface area contributed by atoms with Crippen LogP contribution in [0, 0.1) is 5.92 Å². The van der Waals surface area contributed by atoms with E-state index in [0.717, 1.165) is 0 Å². The Balaban J connectivity index is 2.00. The molecule has 2 amide bonds. The number of hydrogen-bond acceptors (Lipinski definition) is 4. The van der Waals surface area contributed by atoms with Gasteiger partial charge in [-0.3, -0.25) is 14.4 Å². The summed E-state index contributed by atoms with van der Waals surface area (Å²) in [6.07, 6.45) is 0.501. The number of aliphatic carboxylic acids is 1. The van der Waals surface area contributed by atoms with Crippen LogP contribution in [0.5, 0.6) is 0 Å². The van der Waals surface area contributed by atoms with E-state index in [1.807, 2.05) is 0 Å². The molecule has 0 aliphatic carbocycles. The molecule has 2 rings (SSSR count). The maximum absolute atomic E-state index is 12.3. The molecular weight excluding hydrogens is 256 g/mol. The van der Waals surface area contributed by atoms with Crippen molar-refractivity contribution in [3.63, 3.8) is 0 Å². The van der Waals surface area contributed by atoms with Crippen molar-refractivity contribution in [3.05, 3.63) is 0 Å². The molecule has 0 aromatic rings. The molecule has 0 bridgehead atoms. The standard InChI is InChI=1S/C11H16N2O4S/c1-7(14)13-6-18-5-9(13)10(15)12-3-2-8(4-12)11(16)17/h8-9H,2-6H2,1H3,(H,16,17). The van der Waals surface area contributed by atoms with Gasteiger partial charge in [0, 0.05) is 25.8 Å². The van der Waals surface area contributed by atoms with Crippen molar-refractivity contribution in [2.75, 3.05) is 24.7 Å². The SMILES string of the molecule is CC(=O)N1CSCC1C(=O)N1CCC(C(=O)O)C1. The first-order valence-electron chi connectivity index (χ1n) is 5.87. The van der Waals surface area contributed by atoms with E-state index in [-0.39, 0.29) is 18.4 Å². The third kappa shape index (κ3) is 2.45. The molecule has 0 spiro atoms. The van der Waals surface area contributed by atoms with Gasteiger partial charge in [0.15, 0.2) is 0 Å². The molecule has 0 aromatic carbocycles. The highest BCUT2D eigenvalue weighted by Gasteiger charge is 2.39. The molecule has 2 aliphatic heterocycles. The van der Waals surface area contributed by atoms with E-state index < -0.39 is 17.9 Å². The van der Waals surface area contributed by atoms with Crippen molar-refractivity contribution in [2.24, 2.45) is 5.92 Å². The zero-order valence-corrected chi connectivity index (χ0v) is 11.0. The molecule has 2 heterocycles. The van der Waals surface area contributed by atoms with Gasteiger partial charge in [0.25, 0.3) is 0 Å². The van der Waals surface area contributed by atoms with Crippen LogP contribution in [-0.4, -0.2) is 63.5 Å². The predicted octanol–water partition coefficient (Wildman–Crippen LogP) is -0.159. The van der Waals surface area contributed by atoms with E-state index in [2.05, 4.69) is 0 Å². The highest BCUT2D eigenvalue weighted by atomic mass is 32.2. The lowest BCUT2D eigenvalue weighted by Crippen LogP contribution is -2.47. The average Bonchev–Trinajstić information content (AvgIpc) is 2.97. The van der Waals surface area contributed by atoms with Crippen LogP contribution in [0.2, 0.25) is 0 Å². The molecule has 6 nitrogen and oxygen atoms in total. The number of carboxylic acids is 1. The summed E-state index contributed by atoms with van der Waals surface area (Å²) in [5, 5.41) is 8.91. The number of amides is 2. The molecule has 0 radical (unpaired) electrons. The quantitative estimate of drug-likeness (QED) is 0.756. The van der Waals surface area contributed by atoms with Crippen molar-refractivity contribution < 1.29 is 19.5 Å². The minimum absolute atomic E-state index is 0.104. The third-order valence-corrected chi connectivity index (χ3v) is 4.43. The summed E-state index contributed by atoms with van der Waals surface area (Å²) < 4.78 is 0. The van der Waals surface area contributed by atoms with E-state index in [9.17, 15) is 14.4 Å². The van der Waals surface area contributed by atoms with Crippen LogP contribution < -0.4 is 0 Å². The summed E-state index contributed by atoms with van der Waals surface area (Å²) in [6, 6.07) is -0.417. The number of hydrogen-bond donors (Lipinski definition) is 1. The van der Waals surface area contributed by atoms with Crippen LogP contribution in [0.3, 0.4) is 0 Å². The fraction of sp³-hybridized carbons (Fsp3) is 0.727. The van der Waals surface area contributed by atoms with Gasteiger partial charge in [-0.25, -0.2) is 0 Å². The normalized spacial score (nSPS) is 27.6. The number of thioether (sulfide) groups is 1. The fourth-order valence-corrected chi connectivity index (χ4v) is 3.54. The van der Waals surface area contributed by atoms with Gasteiger partial charge in [-0.15, -0.1) is 11.8 Å². The summed E-state index contributed by atoms with van der Waals surface area (Å²) in [5.41, 5.74) is 0. The summed E-state index contributed by atoms with van der Waals surface area (Å²) in [4.78, 5) is 37.6. The van der Waals surface area contributed by atoms with Crippen molar-refractivity contribution >= 4 is 29.5 Å². The Morgan fingerprint density at radius 2 is 2.06 bits per heavy atom. The van der Waals surface area contributed by atoms with Crippen LogP contribution in [0.4, 0.5) is 0 Å². The lowest BCUT2D eigenvalue weighted by atomic mass is 10.1. The zero-order valence-electron chi connectivity index (χ0n) is 10.2. The van der Waals surface area contributed by atoms with Crippen molar-refractivity contribution in [3.8, 4) is 0 Å². The lowest BCUT2D eigenvalue weighted by molar-refractivity contribution is -0.143. The van der Waals surface area contributed by atoms with Gasteiger partial charge in [0.2, 0.25) is 11.8 Å². The van der Waals surface area contributed by atoms with Gasteiger partial charge in [-0.2, -0.15) is 0 Å². The molecule has 2 aliphatic rings. The third-order valence-electron chi connectivity index (χ3n) is 3.42. The number of carbonyl (C=O) groups excluding carboxylic acids is 2. The van der Waals surface area contributed by atoms with Crippen molar-refractivity contribution in [2.45, 2.75) is 19.4 Å². The second-order valence-electron chi connectivity index (χ2n) is 4.61. The van der Waals surface area contributed by atoms with E-state index in [4.69, 9.17) is 5.11 Å². The van der Waals surface area contributed by atoms with E-state index in [1.165, 1.54) is 6.92 Å². The van der Waals surface area contributed by atoms with Gasteiger partial charge in [0.1, 0.15) is 6.04 Å². The van der Waals surface area contributed by atoms with Crippen LogP contribution in [-0.2, 0) is 14.4 Å². The number of carbonyl (C=O) groups is 3. The Hall–Kier alpha value is -1.24. The molecule has 2 unspecified atom stereocenters. The number of nitrogens with zero attached hydrogens (tertiary/aromatic N) is 2. The Labute approximate surface area is 109 Å². The molecule has 2 atom stereocenters. The molecule has 0 saturated carbocycles. The fourth-order valence-electron chi connectivity index (χ4n) is 2.33. The zero-order chi connectivity index (χ0) is 13.3. The summed E-state index contributed by atoms with van der Waals surface area (Å²) in [7, 11) is 0. The van der Waals surface area contributed by atoms with Crippen LogP contribution in [0.15, 0.2) is 0 Å². The van der Waals surface area contributed by atoms with Crippen molar-refractivity contribution in [1.29, 1.82) is 0 Å². The van der Waals surface area contributed by atoms with Gasteiger partial charge >= 0.3 is 5.97 Å². The van der Waals surface area contributed by atoms with Crippen LogP contribution in [0.25, 0.3) is 0 Å². The number of likely N-dealkylation sites (tertiary alicyclic amines) is 1. The van der Waals surface area contributed by atoms with Gasteiger partial charge in [-0.1, -0.05) is 0 Å². The van der Waals surface area contributed by atoms with Crippen LogP contribution in [0.1, 0.15) is 13.3 Å². The van der Waals surface area contributed by atoms with Crippen LogP contribution >= 0.6 is 11.8 Å². The first-order valence-corrected chi connectivity index (χ1v) is 7.02. The topological polar surface area (TPSA) is 77.9 Å². The second-order valence-corrected chi connectivity index (χ2v) is 5.61. The molecule has 2 fully saturated rings. The summed E-state index contributed by atoms with van der Waals surface area (Å²) >= 11 is 1.55. The maximum atomic E-state index is 12.3. The molecule has 0 aromatic heterocycles. The minimum Gasteiger partial charge on any atom is -0.481 e. The number of carboxylic acid groups (broad SMARTS) is 1. The summed E-state index contributed by atoms with van der Waals surface area (Å²) in [6.45, 7) is 2.19. The Bertz CT molecular complexity index is 387. The molecular formula is C11H16N2O4S. The predicted molar refractivity (Wildman–Crippen MR) is 66.0 cm³/mol. The monoisotopic (exact) mass is 272 g/mol. The van der Waals surface area contributed by atoms with Gasteiger partial charge in [-0.05, 0) is 6.42 Å². The van der Waals surface area contributed by atoms with Gasteiger partial charge in [0.05, 0.1) is 11.8 Å². The summed E-state index contributed by atoms with van der Waals surface area (Å²) in [5.74, 6) is -0.385. The Morgan fingerprint density at radius 3 is 2.61 bits per heavy atom. The lowest BCUT2D eigenvalue weighted by Gasteiger charge is -2.26. The Morgan fingerprint density at radius 1 is 1.33 bits per heavy atom. The smallest absolute Gasteiger partial charge is 0.308 e. The number of rotatable bonds is 2. The largest absolute Gasteiger partial charge is 0.481 e.